The summed E-state index contributed by atoms with van der Waals surface area (Å²) < 4.78 is 11.2. The first-order valence-corrected chi connectivity index (χ1v) is 10.2. The molecule has 1 aliphatic rings. The fraction of sp³-hybridized carbons (Fsp3) is 0.364. The maximum Gasteiger partial charge on any atom is 0.255 e. The second kappa shape index (κ2) is 10.3. The Morgan fingerprint density at radius 3 is 2.62 bits per heavy atom. The van der Waals surface area contributed by atoms with Gasteiger partial charge in [0.1, 0.15) is 12.4 Å². The molecule has 154 valence electrons. The van der Waals surface area contributed by atoms with Crippen molar-refractivity contribution in [2.24, 2.45) is 0 Å². The van der Waals surface area contributed by atoms with Gasteiger partial charge in [-0.2, -0.15) is 0 Å². The number of amides is 2. The SMILES string of the molecule is CCCNC(=O)c1ccc(NC(=O)c2ccc(OCC3CCCO3)cc2)cc1Cl. The second-order valence-corrected chi connectivity index (χ2v) is 7.28. The first-order chi connectivity index (χ1) is 14.1. The van der Waals surface area contributed by atoms with E-state index in [9.17, 15) is 9.59 Å². The molecule has 0 spiro atoms. The molecule has 0 radical (unpaired) electrons. The molecule has 0 aliphatic carbocycles. The Hall–Kier alpha value is -2.57. The van der Waals surface area contributed by atoms with Crippen LogP contribution in [-0.2, 0) is 4.74 Å². The monoisotopic (exact) mass is 416 g/mol. The van der Waals surface area contributed by atoms with Crippen LogP contribution in [0.4, 0.5) is 5.69 Å². The Morgan fingerprint density at radius 2 is 1.97 bits per heavy atom. The van der Waals surface area contributed by atoms with Crippen molar-refractivity contribution >= 4 is 29.1 Å². The number of carbonyl (C=O) groups is 2. The van der Waals surface area contributed by atoms with Crippen LogP contribution in [0.1, 0.15) is 46.9 Å². The molecule has 7 heteroatoms. The van der Waals surface area contributed by atoms with Gasteiger partial charge in [0.05, 0.1) is 16.7 Å². The van der Waals surface area contributed by atoms with Crippen LogP contribution in [0.2, 0.25) is 5.02 Å². The molecule has 1 fully saturated rings. The van der Waals surface area contributed by atoms with Gasteiger partial charge in [-0.1, -0.05) is 18.5 Å². The number of benzene rings is 2. The van der Waals surface area contributed by atoms with Gasteiger partial charge in [-0.05, 0) is 61.7 Å². The van der Waals surface area contributed by atoms with Crippen LogP contribution in [0.25, 0.3) is 0 Å². The zero-order chi connectivity index (χ0) is 20.6. The molecule has 1 saturated heterocycles. The summed E-state index contributed by atoms with van der Waals surface area (Å²) >= 11 is 6.20. The van der Waals surface area contributed by atoms with Crippen molar-refractivity contribution < 1.29 is 19.1 Å². The fourth-order valence-corrected chi connectivity index (χ4v) is 3.25. The zero-order valence-corrected chi connectivity index (χ0v) is 17.1. The number of rotatable bonds is 8. The number of anilines is 1. The minimum atomic E-state index is -0.269. The summed E-state index contributed by atoms with van der Waals surface area (Å²) in [5, 5.41) is 5.85. The van der Waals surface area contributed by atoms with Crippen molar-refractivity contribution in [3.63, 3.8) is 0 Å². The molecule has 0 saturated carbocycles. The minimum Gasteiger partial charge on any atom is -0.491 e. The van der Waals surface area contributed by atoms with Crippen molar-refractivity contribution in [1.82, 2.24) is 5.32 Å². The van der Waals surface area contributed by atoms with E-state index in [0.717, 1.165) is 25.9 Å². The van der Waals surface area contributed by atoms with E-state index in [1.54, 1.807) is 42.5 Å². The molecule has 0 aromatic heterocycles. The highest BCUT2D eigenvalue weighted by Gasteiger charge is 2.16. The summed E-state index contributed by atoms with van der Waals surface area (Å²) in [6, 6.07) is 11.8. The third-order valence-corrected chi connectivity index (χ3v) is 4.90. The molecule has 2 N–H and O–H groups in total. The smallest absolute Gasteiger partial charge is 0.255 e. The van der Waals surface area contributed by atoms with Gasteiger partial charge < -0.3 is 20.1 Å². The summed E-state index contributed by atoms with van der Waals surface area (Å²) in [6.07, 6.45) is 3.08. The van der Waals surface area contributed by atoms with Crippen LogP contribution < -0.4 is 15.4 Å². The van der Waals surface area contributed by atoms with Gasteiger partial charge in [-0.3, -0.25) is 9.59 Å². The van der Waals surface area contributed by atoms with E-state index in [1.165, 1.54) is 0 Å². The molecule has 1 atom stereocenters. The molecule has 2 aromatic rings. The van der Waals surface area contributed by atoms with E-state index in [-0.39, 0.29) is 22.9 Å². The molecule has 1 heterocycles. The van der Waals surface area contributed by atoms with Crippen LogP contribution in [0.5, 0.6) is 5.75 Å². The van der Waals surface area contributed by atoms with E-state index in [0.29, 0.717) is 35.7 Å². The Morgan fingerprint density at radius 1 is 1.17 bits per heavy atom. The van der Waals surface area contributed by atoms with E-state index in [2.05, 4.69) is 10.6 Å². The predicted octanol–water partition coefficient (Wildman–Crippen LogP) is 4.29. The lowest BCUT2D eigenvalue weighted by molar-refractivity contribution is 0.0679. The first kappa shape index (κ1) is 21.1. The lowest BCUT2D eigenvalue weighted by Crippen LogP contribution is -2.24. The van der Waals surface area contributed by atoms with Crippen molar-refractivity contribution in [2.45, 2.75) is 32.3 Å². The van der Waals surface area contributed by atoms with Crippen molar-refractivity contribution in [1.29, 1.82) is 0 Å². The minimum absolute atomic E-state index is 0.148. The molecule has 29 heavy (non-hydrogen) atoms. The number of ether oxygens (including phenoxy) is 2. The van der Waals surface area contributed by atoms with Crippen molar-refractivity contribution in [3.05, 3.63) is 58.6 Å². The maximum absolute atomic E-state index is 12.5. The molecular formula is C22H25ClN2O4. The normalized spacial score (nSPS) is 15.7. The Balaban J connectivity index is 1.56. The highest BCUT2D eigenvalue weighted by atomic mass is 35.5. The molecule has 1 aliphatic heterocycles. The number of nitrogens with one attached hydrogen (secondary N) is 2. The lowest BCUT2D eigenvalue weighted by Gasteiger charge is -2.12. The van der Waals surface area contributed by atoms with Crippen LogP contribution >= 0.6 is 11.6 Å². The zero-order valence-electron chi connectivity index (χ0n) is 16.4. The van der Waals surface area contributed by atoms with E-state index >= 15 is 0 Å². The number of carbonyl (C=O) groups excluding carboxylic acids is 2. The van der Waals surface area contributed by atoms with Crippen LogP contribution in [0.15, 0.2) is 42.5 Å². The maximum atomic E-state index is 12.5. The molecule has 3 rings (SSSR count). The van der Waals surface area contributed by atoms with Crippen LogP contribution in [-0.4, -0.2) is 37.7 Å². The Labute approximate surface area is 175 Å². The standard InChI is InChI=1S/C22H25ClN2O4/c1-2-11-24-22(27)19-10-7-16(13-20(19)23)25-21(26)15-5-8-17(9-6-15)29-14-18-4-3-12-28-18/h5-10,13,18H,2-4,11-12,14H2,1H3,(H,24,27)(H,25,26). The average molecular weight is 417 g/mol. The summed E-state index contributed by atoms with van der Waals surface area (Å²) in [5.74, 6) is 0.200. The highest BCUT2D eigenvalue weighted by Crippen LogP contribution is 2.22. The summed E-state index contributed by atoms with van der Waals surface area (Å²) in [5.41, 5.74) is 1.40. The summed E-state index contributed by atoms with van der Waals surface area (Å²) in [7, 11) is 0. The van der Waals surface area contributed by atoms with Crippen LogP contribution in [0, 0.1) is 0 Å². The largest absolute Gasteiger partial charge is 0.491 e. The van der Waals surface area contributed by atoms with Gasteiger partial charge >= 0.3 is 0 Å². The van der Waals surface area contributed by atoms with E-state index < -0.39 is 0 Å². The van der Waals surface area contributed by atoms with Gasteiger partial charge in [-0.15, -0.1) is 0 Å². The molecular weight excluding hydrogens is 392 g/mol. The quantitative estimate of drug-likeness (QED) is 0.673. The third kappa shape index (κ3) is 5.95. The van der Waals surface area contributed by atoms with Gasteiger partial charge in [0, 0.05) is 24.4 Å². The average Bonchev–Trinajstić information content (AvgIpc) is 3.24. The number of hydrogen-bond acceptors (Lipinski definition) is 4. The summed E-state index contributed by atoms with van der Waals surface area (Å²) in [4.78, 5) is 24.5. The predicted molar refractivity (Wildman–Crippen MR) is 113 cm³/mol. The molecule has 2 amide bonds. The highest BCUT2D eigenvalue weighted by molar-refractivity contribution is 6.34. The molecule has 1 unspecified atom stereocenters. The van der Waals surface area contributed by atoms with Gasteiger partial charge in [0.15, 0.2) is 0 Å². The topological polar surface area (TPSA) is 76.7 Å². The Kier molecular flexibility index (Phi) is 7.49. The van der Waals surface area contributed by atoms with Crippen molar-refractivity contribution in [3.8, 4) is 5.75 Å². The number of hydrogen-bond donors (Lipinski definition) is 2. The molecule has 6 nitrogen and oxygen atoms in total. The van der Waals surface area contributed by atoms with Crippen LogP contribution in [0.3, 0.4) is 0 Å². The lowest BCUT2D eigenvalue weighted by atomic mass is 10.1. The van der Waals surface area contributed by atoms with Gasteiger partial charge in [-0.25, -0.2) is 0 Å². The first-order valence-electron chi connectivity index (χ1n) is 9.80. The second-order valence-electron chi connectivity index (χ2n) is 6.88. The fourth-order valence-electron chi connectivity index (χ4n) is 2.98. The third-order valence-electron chi connectivity index (χ3n) is 4.58. The molecule has 0 bridgehead atoms. The number of halogens is 1. The molecule has 2 aromatic carbocycles. The van der Waals surface area contributed by atoms with Crippen molar-refractivity contribution in [2.75, 3.05) is 25.1 Å². The van der Waals surface area contributed by atoms with Gasteiger partial charge in [0.25, 0.3) is 11.8 Å². The van der Waals surface area contributed by atoms with E-state index in [4.69, 9.17) is 21.1 Å². The van der Waals surface area contributed by atoms with Gasteiger partial charge in [0.2, 0.25) is 0 Å². The summed E-state index contributed by atoms with van der Waals surface area (Å²) in [6.45, 7) is 3.87. The van der Waals surface area contributed by atoms with E-state index in [1.807, 2.05) is 6.92 Å². The Bertz CT molecular complexity index is 848.